The zero-order valence-electron chi connectivity index (χ0n) is 26.4. The van der Waals surface area contributed by atoms with E-state index >= 15 is 4.11 Å². The molecule has 0 unspecified atom stereocenters. The molecule has 1 N–H and O–H groups in total. The Balaban J connectivity index is 1.33. The minimum atomic E-state index is -3.50. The van der Waals surface area contributed by atoms with E-state index in [9.17, 15) is 19.5 Å². The first-order valence-electron chi connectivity index (χ1n) is 15.9. The highest BCUT2D eigenvalue weighted by Crippen LogP contribution is 2.60. The number of aliphatic hydroxyl groups is 1. The van der Waals surface area contributed by atoms with Crippen molar-refractivity contribution < 1.29 is 33.1 Å². The lowest BCUT2D eigenvalue weighted by Crippen LogP contribution is -2.44. The fourth-order valence-electron chi connectivity index (χ4n) is 8.19. The number of rotatable bonds is 5. The second-order valence-electron chi connectivity index (χ2n) is 13.3. The van der Waals surface area contributed by atoms with E-state index in [4.69, 9.17) is 9.47 Å². The number of amides is 3. The van der Waals surface area contributed by atoms with Crippen molar-refractivity contribution in [3.05, 3.63) is 77.9 Å². The fourth-order valence-corrected chi connectivity index (χ4v) is 10.7. The Morgan fingerprint density at radius 2 is 1.76 bits per heavy atom. The Kier molecular flexibility index (Phi) is 7.33. The largest absolute Gasteiger partial charge is 0.454 e. The molecule has 0 radical (unpaired) electrons. The molecule has 2 fully saturated rings. The van der Waals surface area contributed by atoms with Gasteiger partial charge in [0, 0.05) is 36.3 Å². The number of likely N-dealkylation sites (tertiary alicyclic amines) is 1. The van der Waals surface area contributed by atoms with Crippen LogP contribution in [0.3, 0.4) is 0 Å². The maximum atomic E-state index is 16.3. The van der Waals surface area contributed by atoms with Crippen LogP contribution in [-0.2, 0) is 19.9 Å². The normalized spacial score (nSPS) is 27.0. The summed E-state index contributed by atoms with van der Waals surface area (Å²) in [5.41, 5.74) is 0.386. The minimum absolute atomic E-state index is 0.0776. The molecular weight excluding hydrogens is 605 g/mol. The molecule has 240 valence electrons. The van der Waals surface area contributed by atoms with Crippen molar-refractivity contribution in [3.63, 3.8) is 0 Å². The second kappa shape index (κ2) is 11.0. The standard InChI is InChI=1S/C35H38FN3O6Si/c1-21-32(46(3,4)36)30(19-31(41)38-17-9-10-23(38)20-40)45-35(21)25-18-22(15-16-26(25)37(2)34(35)43)39-27-12-6-8-14-29(27)44-28-13-7-5-11-24(28)33(39)42/h5-8,11-16,18,21,23,30,32,40H,9-10,17,19-20H2,1-4H3/t21-,23-,30+,32-,35+/m0/s1. The predicted octanol–water partition coefficient (Wildman–Crippen LogP) is 5.90. The molecule has 1 spiro atoms. The zero-order valence-corrected chi connectivity index (χ0v) is 27.4. The lowest BCUT2D eigenvalue weighted by atomic mass is 9.82. The zero-order chi connectivity index (χ0) is 32.5. The van der Waals surface area contributed by atoms with E-state index in [0.29, 0.717) is 52.7 Å². The van der Waals surface area contributed by atoms with Crippen LogP contribution < -0.4 is 14.5 Å². The molecule has 46 heavy (non-hydrogen) atoms. The summed E-state index contributed by atoms with van der Waals surface area (Å²) in [7, 11) is -1.83. The number of aliphatic hydroxyl groups excluding tert-OH is 1. The number of benzene rings is 3. The molecule has 0 saturated carbocycles. The molecule has 3 amide bonds. The third-order valence-electron chi connectivity index (χ3n) is 10.3. The van der Waals surface area contributed by atoms with Gasteiger partial charge in [-0.15, -0.1) is 0 Å². The molecule has 0 aliphatic carbocycles. The molecule has 4 heterocycles. The van der Waals surface area contributed by atoms with E-state index in [2.05, 4.69) is 0 Å². The third-order valence-corrected chi connectivity index (χ3v) is 12.7. The Labute approximate surface area is 268 Å². The van der Waals surface area contributed by atoms with Gasteiger partial charge in [-0.2, -0.15) is 0 Å². The SMILES string of the molecule is C[C@H]1[C@H]([Si](C)(C)F)[C@@H](CC(=O)N2CCC[C@H]2CO)O[C@]12C(=O)N(C)c1ccc(N3C(=O)c4ccccc4Oc4ccccc43)cc12. The molecule has 3 aromatic carbocycles. The number of para-hydroxylation sites is 3. The summed E-state index contributed by atoms with van der Waals surface area (Å²) in [6, 6.07) is 19.4. The van der Waals surface area contributed by atoms with Gasteiger partial charge in [-0.3, -0.25) is 19.3 Å². The molecule has 5 atom stereocenters. The van der Waals surface area contributed by atoms with Crippen LogP contribution in [0.5, 0.6) is 11.5 Å². The van der Waals surface area contributed by atoms with Gasteiger partial charge in [-0.05, 0) is 68.4 Å². The molecule has 4 aliphatic rings. The van der Waals surface area contributed by atoms with E-state index in [-0.39, 0.29) is 36.8 Å². The molecule has 0 aromatic heterocycles. The number of carbonyl (C=O) groups excluding carboxylic acids is 3. The van der Waals surface area contributed by atoms with Gasteiger partial charge in [0.1, 0.15) is 5.75 Å². The van der Waals surface area contributed by atoms with E-state index in [1.165, 1.54) is 4.90 Å². The number of anilines is 3. The number of carbonyl (C=O) groups is 3. The minimum Gasteiger partial charge on any atom is -0.454 e. The Bertz CT molecular complexity index is 1750. The Morgan fingerprint density at radius 3 is 2.50 bits per heavy atom. The maximum absolute atomic E-state index is 16.3. The molecule has 3 aromatic rings. The number of likely N-dealkylation sites (N-methyl/N-ethyl adjacent to an activating group) is 1. The Hall–Kier alpha value is -4.06. The summed E-state index contributed by atoms with van der Waals surface area (Å²) < 4.78 is 29.2. The lowest BCUT2D eigenvalue weighted by molar-refractivity contribution is -0.149. The first-order chi connectivity index (χ1) is 22.0. The van der Waals surface area contributed by atoms with Crippen LogP contribution in [0.2, 0.25) is 18.6 Å². The first kappa shape index (κ1) is 30.6. The van der Waals surface area contributed by atoms with Gasteiger partial charge in [0.2, 0.25) is 14.3 Å². The molecule has 0 bridgehead atoms. The van der Waals surface area contributed by atoms with Crippen LogP contribution in [0, 0.1) is 5.92 Å². The highest BCUT2D eigenvalue weighted by atomic mass is 28.4. The number of hydrogen-bond acceptors (Lipinski definition) is 6. The van der Waals surface area contributed by atoms with Crippen LogP contribution in [0.25, 0.3) is 0 Å². The number of fused-ring (bicyclic) bond motifs is 4. The molecular formula is C35H38FN3O6Si. The van der Waals surface area contributed by atoms with Crippen molar-refractivity contribution in [3.8, 4) is 11.5 Å². The van der Waals surface area contributed by atoms with Crippen LogP contribution in [-0.4, -0.2) is 68.5 Å². The molecule has 11 heteroatoms. The summed E-state index contributed by atoms with van der Waals surface area (Å²) in [4.78, 5) is 46.8. The summed E-state index contributed by atoms with van der Waals surface area (Å²) in [5.74, 6) is -0.471. The van der Waals surface area contributed by atoms with Crippen molar-refractivity contribution in [2.45, 2.75) is 62.6 Å². The third kappa shape index (κ3) is 4.50. The monoisotopic (exact) mass is 643 g/mol. The van der Waals surface area contributed by atoms with Gasteiger partial charge in [0.15, 0.2) is 11.4 Å². The van der Waals surface area contributed by atoms with Gasteiger partial charge in [-0.25, -0.2) is 0 Å². The van der Waals surface area contributed by atoms with E-state index in [1.807, 2.05) is 25.1 Å². The van der Waals surface area contributed by atoms with Gasteiger partial charge in [-0.1, -0.05) is 31.2 Å². The van der Waals surface area contributed by atoms with Gasteiger partial charge >= 0.3 is 0 Å². The highest BCUT2D eigenvalue weighted by Gasteiger charge is 2.66. The van der Waals surface area contributed by atoms with Crippen LogP contribution in [0.15, 0.2) is 66.7 Å². The highest BCUT2D eigenvalue weighted by molar-refractivity contribution is 6.72. The molecule has 7 rings (SSSR count). The van der Waals surface area contributed by atoms with Crippen molar-refractivity contribution in [1.29, 1.82) is 0 Å². The van der Waals surface area contributed by atoms with Crippen LogP contribution >= 0.6 is 0 Å². The van der Waals surface area contributed by atoms with Gasteiger partial charge < -0.3 is 28.5 Å². The molecule has 9 nitrogen and oxygen atoms in total. The maximum Gasteiger partial charge on any atom is 0.266 e. The van der Waals surface area contributed by atoms with Crippen molar-refractivity contribution in [2.75, 3.05) is 30.0 Å². The summed E-state index contributed by atoms with van der Waals surface area (Å²) in [6.07, 6.45) is 0.602. The number of nitrogens with zero attached hydrogens (tertiary/aromatic N) is 3. The summed E-state index contributed by atoms with van der Waals surface area (Å²) >= 11 is 0. The number of hydrogen-bond donors (Lipinski definition) is 1. The summed E-state index contributed by atoms with van der Waals surface area (Å²) in [5, 5.41) is 9.83. The predicted molar refractivity (Wildman–Crippen MR) is 174 cm³/mol. The second-order valence-corrected chi connectivity index (χ2v) is 17.1. The van der Waals surface area contributed by atoms with E-state index < -0.39 is 31.6 Å². The molecule has 4 aliphatic heterocycles. The average molecular weight is 644 g/mol. The Morgan fingerprint density at radius 1 is 1.04 bits per heavy atom. The average Bonchev–Trinajstić information content (AvgIpc) is 3.66. The van der Waals surface area contributed by atoms with Crippen molar-refractivity contribution in [2.24, 2.45) is 5.92 Å². The van der Waals surface area contributed by atoms with E-state index in [1.54, 1.807) is 78.5 Å². The van der Waals surface area contributed by atoms with Gasteiger partial charge in [0.25, 0.3) is 11.8 Å². The molecule has 2 saturated heterocycles. The van der Waals surface area contributed by atoms with Crippen molar-refractivity contribution in [1.82, 2.24) is 4.90 Å². The topological polar surface area (TPSA) is 99.6 Å². The first-order valence-corrected chi connectivity index (χ1v) is 18.8. The quantitative estimate of drug-likeness (QED) is 0.275. The fraction of sp³-hybridized carbons (Fsp3) is 0.400. The lowest BCUT2D eigenvalue weighted by Gasteiger charge is -2.31. The van der Waals surface area contributed by atoms with Crippen LogP contribution in [0.1, 0.15) is 42.1 Å². The van der Waals surface area contributed by atoms with E-state index in [0.717, 1.165) is 6.42 Å². The van der Waals surface area contributed by atoms with Crippen LogP contribution in [0.4, 0.5) is 21.2 Å². The van der Waals surface area contributed by atoms with Crippen molar-refractivity contribution >= 4 is 43.2 Å². The summed E-state index contributed by atoms with van der Waals surface area (Å²) in [6.45, 7) is 5.46. The number of ether oxygens (including phenoxy) is 2. The van der Waals surface area contributed by atoms with Gasteiger partial charge in [0.05, 0.1) is 42.1 Å². The smallest absolute Gasteiger partial charge is 0.266 e. The number of halogens is 1.